The molecule has 1 amide bonds. The van der Waals surface area contributed by atoms with Gasteiger partial charge in [-0.15, -0.1) is 0 Å². The summed E-state index contributed by atoms with van der Waals surface area (Å²) < 4.78 is 0. The number of rotatable bonds is 2. The molecule has 3 nitrogen and oxygen atoms in total. The topological polar surface area (TPSA) is 41.1 Å². The van der Waals surface area contributed by atoms with Gasteiger partial charge in [-0.25, -0.2) is 0 Å². The second-order valence-corrected chi connectivity index (χ2v) is 6.14. The highest BCUT2D eigenvalue weighted by molar-refractivity contribution is 6.02. The SMILES string of the molecule is Cc1ccc2c(c1)C(NC1CCC(C)CC1)C(=O)N2. The molecule has 3 heteroatoms. The first-order valence-electron chi connectivity index (χ1n) is 7.31. The van der Waals surface area contributed by atoms with Crippen LogP contribution in [0.2, 0.25) is 0 Å². The lowest BCUT2D eigenvalue weighted by Crippen LogP contribution is -2.38. The van der Waals surface area contributed by atoms with Gasteiger partial charge in [0.1, 0.15) is 6.04 Å². The van der Waals surface area contributed by atoms with Gasteiger partial charge in [0.05, 0.1) is 0 Å². The summed E-state index contributed by atoms with van der Waals surface area (Å²) in [5.41, 5.74) is 3.29. The van der Waals surface area contributed by atoms with Crippen molar-refractivity contribution in [3.8, 4) is 0 Å². The fourth-order valence-electron chi connectivity index (χ4n) is 3.21. The van der Waals surface area contributed by atoms with Crippen molar-refractivity contribution in [2.24, 2.45) is 5.92 Å². The van der Waals surface area contributed by atoms with Gasteiger partial charge < -0.3 is 5.32 Å². The number of carbonyl (C=O) groups is 1. The molecule has 1 fully saturated rings. The number of nitrogens with one attached hydrogen (secondary N) is 2. The Hall–Kier alpha value is -1.35. The minimum absolute atomic E-state index is 0.0965. The van der Waals surface area contributed by atoms with Crippen molar-refractivity contribution in [2.75, 3.05) is 5.32 Å². The smallest absolute Gasteiger partial charge is 0.246 e. The van der Waals surface area contributed by atoms with E-state index < -0.39 is 0 Å². The number of aryl methyl sites for hydroxylation is 1. The molecule has 0 saturated heterocycles. The summed E-state index contributed by atoms with van der Waals surface area (Å²) in [6, 6.07) is 6.50. The Bertz CT molecular complexity index is 490. The van der Waals surface area contributed by atoms with E-state index in [0.717, 1.165) is 17.2 Å². The van der Waals surface area contributed by atoms with E-state index in [-0.39, 0.29) is 11.9 Å². The molecule has 1 heterocycles. The number of amides is 1. The summed E-state index contributed by atoms with van der Waals surface area (Å²) in [4.78, 5) is 12.1. The van der Waals surface area contributed by atoms with Crippen molar-refractivity contribution >= 4 is 11.6 Å². The predicted molar refractivity (Wildman–Crippen MR) is 77.1 cm³/mol. The average molecular weight is 258 g/mol. The van der Waals surface area contributed by atoms with Crippen molar-refractivity contribution < 1.29 is 4.79 Å². The highest BCUT2D eigenvalue weighted by atomic mass is 16.2. The van der Waals surface area contributed by atoms with Crippen LogP contribution < -0.4 is 10.6 Å². The van der Waals surface area contributed by atoms with Crippen LogP contribution in [-0.2, 0) is 4.79 Å². The summed E-state index contributed by atoms with van der Waals surface area (Å²) >= 11 is 0. The van der Waals surface area contributed by atoms with Crippen molar-refractivity contribution in [3.63, 3.8) is 0 Å². The first-order valence-corrected chi connectivity index (χ1v) is 7.31. The third kappa shape index (κ3) is 2.52. The molecule has 2 aliphatic rings. The zero-order chi connectivity index (χ0) is 13.4. The number of hydrogen-bond donors (Lipinski definition) is 2. The van der Waals surface area contributed by atoms with Crippen LogP contribution in [0.15, 0.2) is 18.2 Å². The number of hydrogen-bond acceptors (Lipinski definition) is 2. The van der Waals surface area contributed by atoms with E-state index in [1.165, 1.54) is 31.2 Å². The first kappa shape index (κ1) is 12.7. The van der Waals surface area contributed by atoms with Crippen LogP contribution in [0.3, 0.4) is 0 Å². The zero-order valence-electron chi connectivity index (χ0n) is 11.7. The summed E-state index contributed by atoms with van der Waals surface area (Å²) in [6.45, 7) is 4.39. The Morgan fingerprint density at radius 2 is 1.95 bits per heavy atom. The van der Waals surface area contributed by atoms with Crippen LogP contribution in [-0.4, -0.2) is 11.9 Å². The molecule has 1 aromatic carbocycles. The second-order valence-electron chi connectivity index (χ2n) is 6.14. The van der Waals surface area contributed by atoms with Crippen LogP contribution >= 0.6 is 0 Å². The number of anilines is 1. The minimum atomic E-state index is -0.159. The standard InChI is InChI=1S/C16H22N2O/c1-10-3-6-12(7-4-10)17-15-13-9-11(2)5-8-14(13)18-16(15)19/h5,8-10,12,15,17H,3-4,6-7H2,1-2H3,(H,18,19). The Morgan fingerprint density at radius 1 is 1.21 bits per heavy atom. The molecule has 1 saturated carbocycles. The summed E-state index contributed by atoms with van der Waals surface area (Å²) in [6.07, 6.45) is 4.91. The molecule has 19 heavy (non-hydrogen) atoms. The van der Waals surface area contributed by atoms with Gasteiger partial charge in [-0.05, 0) is 44.6 Å². The van der Waals surface area contributed by atoms with Gasteiger partial charge in [-0.1, -0.05) is 24.6 Å². The lowest BCUT2D eigenvalue weighted by Gasteiger charge is -2.29. The zero-order valence-corrected chi connectivity index (χ0v) is 11.7. The highest BCUT2D eigenvalue weighted by Gasteiger charge is 2.32. The Kier molecular flexibility index (Phi) is 3.31. The van der Waals surface area contributed by atoms with Crippen LogP contribution in [0.1, 0.15) is 49.8 Å². The van der Waals surface area contributed by atoms with Crippen molar-refractivity contribution in [1.82, 2.24) is 5.32 Å². The molecular formula is C16H22N2O. The Balaban J connectivity index is 1.75. The maximum atomic E-state index is 12.1. The fourth-order valence-corrected chi connectivity index (χ4v) is 3.21. The molecule has 102 valence electrons. The van der Waals surface area contributed by atoms with Crippen LogP contribution in [0.25, 0.3) is 0 Å². The lowest BCUT2D eigenvalue weighted by atomic mass is 9.87. The van der Waals surface area contributed by atoms with Crippen molar-refractivity contribution in [2.45, 2.75) is 51.6 Å². The molecule has 0 bridgehead atoms. The lowest BCUT2D eigenvalue weighted by molar-refractivity contribution is -0.117. The predicted octanol–water partition coefficient (Wildman–Crippen LogP) is 3.16. The average Bonchev–Trinajstić information content (AvgIpc) is 2.69. The van der Waals surface area contributed by atoms with E-state index in [4.69, 9.17) is 0 Å². The molecule has 1 atom stereocenters. The van der Waals surface area contributed by atoms with Crippen molar-refractivity contribution in [1.29, 1.82) is 0 Å². The molecule has 1 aromatic rings. The number of benzene rings is 1. The molecule has 3 rings (SSSR count). The second kappa shape index (κ2) is 4.97. The van der Waals surface area contributed by atoms with Crippen molar-refractivity contribution in [3.05, 3.63) is 29.3 Å². The van der Waals surface area contributed by atoms with Gasteiger partial charge in [0.15, 0.2) is 0 Å². The number of carbonyl (C=O) groups excluding carboxylic acids is 1. The van der Waals surface area contributed by atoms with Crippen LogP contribution in [0, 0.1) is 12.8 Å². The van der Waals surface area contributed by atoms with Gasteiger partial charge >= 0.3 is 0 Å². The van der Waals surface area contributed by atoms with E-state index in [9.17, 15) is 4.79 Å². The summed E-state index contributed by atoms with van der Waals surface area (Å²) in [5, 5.41) is 6.53. The van der Waals surface area contributed by atoms with E-state index in [1.54, 1.807) is 0 Å². The monoisotopic (exact) mass is 258 g/mol. The maximum absolute atomic E-state index is 12.1. The van der Waals surface area contributed by atoms with Gasteiger partial charge in [0, 0.05) is 17.3 Å². The van der Waals surface area contributed by atoms with Gasteiger partial charge in [-0.3, -0.25) is 10.1 Å². The third-order valence-corrected chi connectivity index (χ3v) is 4.46. The Morgan fingerprint density at radius 3 is 2.68 bits per heavy atom. The molecule has 1 unspecified atom stereocenters. The van der Waals surface area contributed by atoms with Crippen LogP contribution in [0.4, 0.5) is 5.69 Å². The molecule has 1 aliphatic heterocycles. The van der Waals surface area contributed by atoms with Gasteiger partial charge in [0.25, 0.3) is 0 Å². The third-order valence-electron chi connectivity index (χ3n) is 4.46. The molecule has 1 aliphatic carbocycles. The summed E-state index contributed by atoms with van der Waals surface area (Å²) in [5.74, 6) is 0.934. The molecule has 2 N–H and O–H groups in total. The molecule has 0 radical (unpaired) electrons. The van der Waals surface area contributed by atoms with Crippen LogP contribution in [0.5, 0.6) is 0 Å². The summed E-state index contributed by atoms with van der Waals surface area (Å²) in [7, 11) is 0. The van der Waals surface area contributed by atoms with E-state index in [0.29, 0.717) is 6.04 Å². The molecule has 0 aromatic heterocycles. The first-order chi connectivity index (χ1) is 9.13. The van der Waals surface area contributed by atoms with E-state index in [1.807, 2.05) is 12.1 Å². The van der Waals surface area contributed by atoms with Gasteiger partial charge in [0.2, 0.25) is 5.91 Å². The highest BCUT2D eigenvalue weighted by Crippen LogP contribution is 2.33. The maximum Gasteiger partial charge on any atom is 0.246 e. The molecular weight excluding hydrogens is 236 g/mol. The fraction of sp³-hybridized carbons (Fsp3) is 0.562. The van der Waals surface area contributed by atoms with E-state index in [2.05, 4.69) is 30.5 Å². The quantitative estimate of drug-likeness (QED) is 0.855. The Labute approximate surface area is 114 Å². The normalized spacial score (nSPS) is 30.0. The van der Waals surface area contributed by atoms with E-state index >= 15 is 0 Å². The minimum Gasteiger partial charge on any atom is -0.324 e. The van der Waals surface area contributed by atoms with Gasteiger partial charge in [-0.2, -0.15) is 0 Å². The largest absolute Gasteiger partial charge is 0.324 e. The number of fused-ring (bicyclic) bond motifs is 1. The molecule has 0 spiro atoms.